The van der Waals surface area contributed by atoms with E-state index in [2.05, 4.69) is 15.6 Å². The maximum atomic E-state index is 14.2. The molecule has 1 aliphatic rings. The monoisotopic (exact) mass is 414 g/mol. The van der Waals surface area contributed by atoms with Gasteiger partial charge in [0, 0.05) is 18.2 Å². The van der Waals surface area contributed by atoms with Crippen LogP contribution in [0.15, 0.2) is 6.07 Å². The van der Waals surface area contributed by atoms with Gasteiger partial charge in [0.25, 0.3) is 6.43 Å². The number of anilines is 1. The van der Waals surface area contributed by atoms with Crippen LogP contribution in [0.25, 0.3) is 0 Å². The van der Waals surface area contributed by atoms with Crippen molar-refractivity contribution >= 4 is 11.9 Å². The summed E-state index contributed by atoms with van der Waals surface area (Å²) in [5.74, 6) is -1.26. The number of carbonyl (C=O) groups excluding carboxylic acids is 1. The highest BCUT2D eigenvalue weighted by atomic mass is 19.3. The number of ether oxygens (including phenoxy) is 2. The highest BCUT2D eigenvalue weighted by Crippen LogP contribution is 2.26. The Morgan fingerprint density at radius 3 is 2.48 bits per heavy atom. The second-order valence-electron chi connectivity index (χ2n) is 7.82. The molecule has 1 heterocycles. The lowest BCUT2D eigenvalue weighted by Crippen LogP contribution is -2.42. The van der Waals surface area contributed by atoms with E-state index in [1.807, 2.05) is 0 Å². The number of pyridine rings is 1. The van der Waals surface area contributed by atoms with Gasteiger partial charge in [-0.2, -0.15) is 10.2 Å². The van der Waals surface area contributed by atoms with Crippen molar-refractivity contribution in [1.29, 1.82) is 5.26 Å². The van der Waals surface area contributed by atoms with Gasteiger partial charge in [0.05, 0.1) is 0 Å². The molecule has 1 fully saturated rings. The van der Waals surface area contributed by atoms with Gasteiger partial charge in [-0.1, -0.05) is 0 Å². The molecule has 10 heteroatoms. The molecule has 2 rings (SSSR count). The lowest BCUT2D eigenvalue weighted by molar-refractivity contribution is 0.0492. The largest absolute Gasteiger partial charge is 0.471 e. The Balaban J connectivity index is 1.93. The van der Waals surface area contributed by atoms with E-state index in [0.29, 0.717) is 25.7 Å². The predicted molar refractivity (Wildman–Crippen MR) is 99.4 cm³/mol. The van der Waals surface area contributed by atoms with E-state index < -0.39 is 30.5 Å². The van der Waals surface area contributed by atoms with Crippen LogP contribution in [-0.2, 0) is 4.74 Å². The molecule has 1 aliphatic carbocycles. The number of alkyl halides is 2. The van der Waals surface area contributed by atoms with Gasteiger partial charge in [-0.15, -0.1) is 0 Å². The quantitative estimate of drug-likeness (QED) is 0.731. The van der Waals surface area contributed by atoms with Crippen LogP contribution in [0.3, 0.4) is 0 Å². The average Bonchev–Trinajstić information content (AvgIpc) is 2.61. The minimum atomic E-state index is -2.74. The molecule has 7 nitrogen and oxygen atoms in total. The third kappa shape index (κ3) is 7.33. The number of hydrogen-bond acceptors (Lipinski definition) is 6. The van der Waals surface area contributed by atoms with Gasteiger partial charge < -0.3 is 20.1 Å². The number of amides is 1. The minimum Gasteiger partial charge on any atom is -0.471 e. The van der Waals surface area contributed by atoms with Gasteiger partial charge >= 0.3 is 6.09 Å². The van der Waals surface area contributed by atoms with Gasteiger partial charge in [0.2, 0.25) is 5.88 Å². The normalized spacial score (nSPS) is 19.4. The maximum absolute atomic E-state index is 14.2. The molecule has 0 spiro atoms. The first kappa shape index (κ1) is 22.6. The van der Waals surface area contributed by atoms with E-state index in [-0.39, 0.29) is 29.3 Å². The standard InChI is InChI=1S/C19H25F3N4O3/c1-19(2,3)29-18(27)25-13-6-4-12(5-7-13)24-16-14(20)8-11(9-23)17(26-16)28-10-15(21)22/h8,12-13,15H,4-7,10H2,1-3H3,(H,24,26)(H,25,27). The van der Waals surface area contributed by atoms with Crippen LogP contribution in [0.1, 0.15) is 52.0 Å². The fourth-order valence-electron chi connectivity index (χ4n) is 2.95. The SMILES string of the molecule is CC(C)(C)OC(=O)NC1CCC(Nc2nc(OCC(F)F)c(C#N)cc2F)CC1. The van der Waals surface area contributed by atoms with Crippen LogP contribution >= 0.6 is 0 Å². The number of aromatic nitrogens is 1. The molecule has 2 N–H and O–H groups in total. The third-order valence-corrected chi connectivity index (χ3v) is 4.20. The number of rotatable bonds is 6. The molecule has 0 aromatic carbocycles. The third-order valence-electron chi connectivity index (χ3n) is 4.20. The summed E-state index contributed by atoms with van der Waals surface area (Å²) in [7, 11) is 0. The number of nitrogens with one attached hydrogen (secondary N) is 2. The summed E-state index contributed by atoms with van der Waals surface area (Å²) in [6.07, 6.45) is -0.636. The predicted octanol–water partition coefficient (Wildman–Crippen LogP) is 3.98. The minimum absolute atomic E-state index is 0.0494. The van der Waals surface area contributed by atoms with Gasteiger partial charge in [-0.25, -0.2) is 18.0 Å². The Kier molecular flexibility index (Phi) is 7.53. The van der Waals surface area contributed by atoms with Crippen LogP contribution in [0, 0.1) is 17.1 Å². The maximum Gasteiger partial charge on any atom is 0.407 e. The topological polar surface area (TPSA) is 96.3 Å². The fraction of sp³-hybridized carbons (Fsp3) is 0.632. The van der Waals surface area contributed by atoms with Crippen LogP contribution in [0.4, 0.5) is 23.8 Å². The van der Waals surface area contributed by atoms with Crippen molar-refractivity contribution in [2.75, 3.05) is 11.9 Å². The van der Waals surface area contributed by atoms with Crippen molar-refractivity contribution in [3.63, 3.8) is 0 Å². The fourth-order valence-corrected chi connectivity index (χ4v) is 2.95. The molecular weight excluding hydrogens is 389 g/mol. The van der Waals surface area contributed by atoms with Crippen molar-refractivity contribution in [2.24, 2.45) is 0 Å². The molecule has 160 valence electrons. The molecule has 0 saturated heterocycles. The summed E-state index contributed by atoms with van der Waals surface area (Å²) in [4.78, 5) is 15.7. The van der Waals surface area contributed by atoms with Crippen molar-refractivity contribution in [3.8, 4) is 11.9 Å². The first-order valence-corrected chi connectivity index (χ1v) is 9.35. The molecule has 0 aliphatic heterocycles. The second kappa shape index (κ2) is 9.67. The van der Waals surface area contributed by atoms with Crippen LogP contribution < -0.4 is 15.4 Å². The van der Waals surface area contributed by atoms with Crippen LogP contribution in [0.2, 0.25) is 0 Å². The van der Waals surface area contributed by atoms with Crippen LogP contribution in [-0.4, -0.2) is 41.8 Å². The first-order valence-electron chi connectivity index (χ1n) is 9.35. The summed E-state index contributed by atoms with van der Waals surface area (Å²) in [6.45, 7) is 4.41. The second-order valence-corrected chi connectivity index (χ2v) is 7.82. The smallest absolute Gasteiger partial charge is 0.407 e. The molecule has 0 unspecified atom stereocenters. The molecule has 0 radical (unpaired) electrons. The van der Waals surface area contributed by atoms with Gasteiger partial charge in [-0.3, -0.25) is 0 Å². The molecule has 1 amide bonds. The zero-order valence-corrected chi connectivity index (χ0v) is 16.6. The molecule has 1 saturated carbocycles. The van der Waals surface area contributed by atoms with E-state index in [1.54, 1.807) is 26.8 Å². The van der Waals surface area contributed by atoms with Crippen molar-refractivity contribution < 1.29 is 27.4 Å². The van der Waals surface area contributed by atoms with E-state index in [1.165, 1.54) is 0 Å². The Bertz CT molecular complexity index is 754. The van der Waals surface area contributed by atoms with Gasteiger partial charge in [-0.05, 0) is 46.5 Å². The zero-order chi connectivity index (χ0) is 21.6. The van der Waals surface area contributed by atoms with E-state index in [4.69, 9.17) is 14.7 Å². The summed E-state index contributed by atoms with van der Waals surface area (Å²) in [5, 5.41) is 14.8. The molecule has 0 bridgehead atoms. The summed E-state index contributed by atoms with van der Waals surface area (Å²) in [5.41, 5.74) is -0.829. The number of carbonyl (C=O) groups is 1. The number of nitrogens with zero attached hydrogens (tertiary/aromatic N) is 2. The molecule has 1 aromatic heterocycles. The number of hydrogen-bond donors (Lipinski definition) is 2. The summed E-state index contributed by atoms with van der Waals surface area (Å²) in [6, 6.07) is 2.42. The Morgan fingerprint density at radius 1 is 1.31 bits per heavy atom. The summed E-state index contributed by atoms with van der Waals surface area (Å²) < 4.78 is 49.0. The molecular formula is C19H25F3N4O3. The lowest BCUT2D eigenvalue weighted by Gasteiger charge is -2.30. The Hall–Kier alpha value is -2.70. The lowest BCUT2D eigenvalue weighted by atomic mass is 9.91. The van der Waals surface area contributed by atoms with Gasteiger partial charge in [0.15, 0.2) is 18.2 Å². The zero-order valence-electron chi connectivity index (χ0n) is 16.6. The van der Waals surface area contributed by atoms with E-state index >= 15 is 0 Å². The summed E-state index contributed by atoms with van der Waals surface area (Å²) >= 11 is 0. The van der Waals surface area contributed by atoms with Crippen molar-refractivity contribution in [3.05, 3.63) is 17.4 Å². The van der Waals surface area contributed by atoms with Crippen molar-refractivity contribution in [1.82, 2.24) is 10.3 Å². The number of alkyl carbamates (subject to hydrolysis) is 1. The van der Waals surface area contributed by atoms with E-state index in [9.17, 15) is 18.0 Å². The number of nitriles is 1. The molecule has 1 aromatic rings. The molecule has 0 atom stereocenters. The average molecular weight is 414 g/mol. The van der Waals surface area contributed by atoms with Crippen LogP contribution in [0.5, 0.6) is 5.88 Å². The van der Waals surface area contributed by atoms with Gasteiger partial charge in [0.1, 0.15) is 17.2 Å². The molecule has 29 heavy (non-hydrogen) atoms. The first-order chi connectivity index (χ1) is 13.6. The van der Waals surface area contributed by atoms with Crippen molar-refractivity contribution in [2.45, 2.75) is 70.6 Å². The highest BCUT2D eigenvalue weighted by molar-refractivity contribution is 5.68. The number of halogens is 3. The Labute approximate surface area is 167 Å². The Morgan fingerprint density at radius 2 is 1.93 bits per heavy atom. The highest BCUT2D eigenvalue weighted by Gasteiger charge is 2.26. The van der Waals surface area contributed by atoms with E-state index in [0.717, 1.165) is 6.07 Å².